The summed E-state index contributed by atoms with van der Waals surface area (Å²) in [4.78, 5) is 24.8. The van der Waals surface area contributed by atoms with Gasteiger partial charge in [0.1, 0.15) is 18.0 Å². The van der Waals surface area contributed by atoms with Gasteiger partial charge in [-0.25, -0.2) is 0 Å². The van der Waals surface area contributed by atoms with Crippen LogP contribution in [0, 0.1) is 39.4 Å². The van der Waals surface area contributed by atoms with Crippen molar-refractivity contribution < 1.29 is 24.2 Å². The SMILES string of the molecule is CC(=O)O[C@@H](C[C@@H](C)C1=C2C[C@H](O)[C@H]3[C@@]4(C)CCC(=O)C(C)(C)[C@@H]4CC[C@]3(C)[C@@]2(C)CC1)[C@H]1OC1(C)C. The summed E-state index contributed by atoms with van der Waals surface area (Å²) in [5, 5.41) is 11.9. The number of ketones is 1. The molecular formula is C32H50O5. The third-order valence-corrected chi connectivity index (χ3v) is 12.5. The summed E-state index contributed by atoms with van der Waals surface area (Å²) in [5.41, 5.74) is 2.41. The minimum atomic E-state index is -0.389. The van der Waals surface area contributed by atoms with Gasteiger partial charge in [-0.05, 0) is 92.8 Å². The number of fused-ring (bicyclic) bond motifs is 5. The molecule has 5 nitrogen and oxygen atoms in total. The molecule has 0 aromatic carbocycles. The molecule has 1 aliphatic heterocycles. The van der Waals surface area contributed by atoms with Crippen LogP contribution in [0.2, 0.25) is 0 Å². The maximum atomic E-state index is 12.9. The van der Waals surface area contributed by atoms with Gasteiger partial charge in [-0.1, -0.05) is 52.7 Å². The fourth-order valence-electron chi connectivity index (χ4n) is 10.4. The second-order valence-electron chi connectivity index (χ2n) is 15.2. The zero-order valence-corrected chi connectivity index (χ0v) is 24.7. The molecule has 5 heteroatoms. The van der Waals surface area contributed by atoms with Crippen molar-refractivity contribution in [3.63, 3.8) is 0 Å². The number of Topliss-reactive ketones (excluding diaryl/α,β-unsaturated/α-hetero) is 1. The van der Waals surface area contributed by atoms with Crippen molar-refractivity contribution in [1.29, 1.82) is 0 Å². The standard InChI is InChI=1S/C32H50O5/c1-18(16-23(36-19(2)33)27-29(5,6)37-27)20-10-14-31(8)21(20)17-22(34)26-30(7)13-12-25(35)28(3,4)24(30)11-15-32(26,31)9/h18,22-24,26-27,34H,10-17H2,1-9H3/t18-,22+,23+,24+,26+,27-,30+,31+,32+/m1/s1. The van der Waals surface area contributed by atoms with Crippen molar-refractivity contribution in [2.75, 3.05) is 0 Å². The molecule has 1 saturated heterocycles. The number of rotatable bonds is 5. The minimum Gasteiger partial charge on any atom is -0.460 e. The lowest BCUT2D eigenvalue weighted by Gasteiger charge is -2.69. The first-order valence-corrected chi connectivity index (χ1v) is 14.8. The Labute approximate surface area is 224 Å². The summed E-state index contributed by atoms with van der Waals surface area (Å²) in [6.07, 6.45) is 6.64. The Morgan fingerprint density at radius 1 is 1.08 bits per heavy atom. The number of allylic oxidation sites excluding steroid dienone is 1. The van der Waals surface area contributed by atoms with E-state index in [4.69, 9.17) is 9.47 Å². The zero-order chi connectivity index (χ0) is 27.3. The zero-order valence-electron chi connectivity index (χ0n) is 24.7. The molecular weight excluding hydrogens is 464 g/mol. The van der Waals surface area contributed by atoms with Crippen molar-refractivity contribution in [3.05, 3.63) is 11.1 Å². The summed E-state index contributed by atoms with van der Waals surface area (Å²) in [7, 11) is 0. The van der Waals surface area contributed by atoms with Gasteiger partial charge in [0.15, 0.2) is 0 Å². The Morgan fingerprint density at radius 3 is 2.32 bits per heavy atom. The van der Waals surface area contributed by atoms with Gasteiger partial charge in [0.05, 0.1) is 11.7 Å². The summed E-state index contributed by atoms with van der Waals surface area (Å²) in [6.45, 7) is 19.5. The molecule has 4 aliphatic carbocycles. The smallest absolute Gasteiger partial charge is 0.302 e. The van der Waals surface area contributed by atoms with E-state index in [2.05, 4.69) is 55.4 Å². The van der Waals surface area contributed by atoms with Crippen molar-refractivity contribution >= 4 is 11.8 Å². The van der Waals surface area contributed by atoms with Crippen LogP contribution in [0.5, 0.6) is 0 Å². The fourth-order valence-corrected chi connectivity index (χ4v) is 10.4. The van der Waals surface area contributed by atoms with Crippen molar-refractivity contribution in [1.82, 2.24) is 0 Å². The monoisotopic (exact) mass is 514 g/mol. The second kappa shape index (κ2) is 8.40. The van der Waals surface area contributed by atoms with E-state index < -0.39 is 0 Å². The van der Waals surface area contributed by atoms with Crippen LogP contribution in [0.4, 0.5) is 0 Å². The molecule has 1 heterocycles. The molecule has 3 saturated carbocycles. The van der Waals surface area contributed by atoms with Gasteiger partial charge in [0.25, 0.3) is 0 Å². The predicted molar refractivity (Wildman–Crippen MR) is 144 cm³/mol. The summed E-state index contributed by atoms with van der Waals surface area (Å²) >= 11 is 0. The molecule has 4 fully saturated rings. The number of carbonyl (C=O) groups excluding carboxylic acids is 2. The van der Waals surface area contributed by atoms with E-state index >= 15 is 0 Å². The van der Waals surface area contributed by atoms with Crippen molar-refractivity contribution in [3.8, 4) is 0 Å². The van der Waals surface area contributed by atoms with Gasteiger partial charge in [0, 0.05) is 18.8 Å². The van der Waals surface area contributed by atoms with Gasteiger partial charge in [-0.15, -0.1) is 0 Å². The third-order valence-electron chi connectivity index (χ3n) is 12.5. The van der Waals surface area contributed by atoms with Crippen molar-refractivity contribution in [2.45, 2.75) is 138 Å². The molecule has 5 aliphatic rings. The number of ether oxygens (including phenoxy) is 2. The minimum absolute atomic E-state index is 0.0000676. The Bertz CT molecular complexity index is 1020. The topological polar surface area (TPSA) is 76.1 Å². The van der Waals surface area contributed by atoms with E-state index in [0.29, 0.717) is 18.1 Å². The largest absolute Gasteiger partial charge is 0.460 e. The number of carbonyl (C=O) groups is 2. The molecule has 0 bridgehead atoms. The van der Waals surface area contributed by atoms with E-state index in [0.717, 1.165) is 44.9 Å². The highest BCUT2D eigenvalue weighted by Gasteiger charge is 2.69. The van der Waals surface area contributed by atoms with Gasteiger partial charge >= 0.3 is 5.97 Å². The molecule has 0 spiro atoms. The Balaban J connectivity index is 1.46. The van der Waals surface area contributed by atoms with Crippen LogP contribution in [-0.4, -0.2) is 40.8 Å². The molecule has 208 valence electrons. The first kappa shape index (κ1) is 27.4. The predicted octanol–water partition coefficient (Wildman–Crippen LogP) is 6.41. The first-order valence-electron chi connectivity index (χ1n) is 14.8. The van der Waals surface area contributed by atoms with E-state index in [1.54, 1.807) is 0 Å². The van der Waals surface area contributed by atoms with Crippen molar-refractivity contribution in [2.24, 2.45) is 39.4 Å². The van der Waals surface area contributed by atoms with E-state index in [-0.39, 0.29) is 63.4 Å². The highest BCUT2D eigenvalue weighted by atomic mass is 16.6. The lowest BCUT2D eigenvalue weighted by Crippen LogP contribution is -2.65. The number of aliphatic hydroxyl groups is 1. The Kier molecular flexibility index (Phi) is 6.21. The van der Waals surface area contributed by atoms with Gasteiger partial charge in [0.2, 0.25) is 0 Å². The average Bonchev–Trinajstić information content (AvgIpc) is 3.27. The van der Waals surface area contributed by atoms with Gasteiger partial charge in [-0.3, -0.25) is 9.59 Å². The Morgan fingerprint density at radius 2 is 1.73 bits per heavy atom. The van der Waals surface area contributed by atoms with Crippen LogP contribution in [0.25, 0.3) is 0 Å². The molecule has 0 unspecified atom stereocenters. The molecule has 5 rings (SSSR count). The summed E-state index contributed by atoms with van der Waals surface area (Å²) in [6, 6.07) is 0. The average molecular weight is 515 g/mol. The summed E-state index contributed by atoms with van der Waals surface area (Å²) in [5.74, 6) is 0.947. The van der Waals surface area contributed by atoms with E-state index in [1.165, 1.54) is 18.1 Å². The number of esters is 1. The molecule has 37 heavy (non-hydrogen) atoms. The molecule has 0 amide bonds. The maximum absolute atomic E-state index is 12.9. The van der Waals surface area contributed by atoms with E-state index in [9.17, 15) is 14.7 Å². The van der Waals surface area contributed by atoms with Crippen LogP contribution >= 0.6 is 0 Å². The van der Waals surface area contributed by atoms with Crippen LogP contribution < -0.4 is 0 Å². The number of epoxide rings is 1. The number of hydrogen-bond acceptors (Lipinski definition) is 5. The lowest BCUT2D eigenvalue weighted by molar-refractivity contribution is -0.208. The highest BCUT2D eigenvalue weighted by Crippen LogP contribution is 2.74. The Hall–Kier alpha value is -1.20. The van der Waals surface area contributed by atoms with Crippen LogP contribution in [0.1, 0.15) is 114 Å². The van der Waals surface area contributed by atoms with E-state index in [1.807, 2.05) is 0 Å². The second-order valence-corrected chi connectivity index (χ2v) is 15.2. The molecule has 0 aromatic rings. The quantitative estimate of drug-likeness (QED) is 0.261. The number of aliphatic hydroxyl groups excluding tert-OH is 1. The van der Waals surface area contributed by atoms with Crippen LogP contribution in [0.15, 0.2) is 11.1 Å². The molecule has 9 atom stereocenters. The van der Waals surface area contributed by atoms with Gasteiger partial charge < -0.3 is 14.6 Å². The highest BCUT2D eigenvalue weighted by molar-refractivity contribution is 5.85. The normalized spacial score (nSPS) is 45.4. The molecule has 1 N–H and O–H groups in total. The maximum Gasteiger partial charge on any atom is 0.302 e. The summed E-state index contributed by atoms with van der Waals surface area (Å²) < 4.78 is 11.7. The third kappa shape index (κ3) is 3.84. The first-order chi connectivity index (χ1) is 17.0. The number of hydrogen-bond donors (Lipinski definition) is 1. The van der Waals surface area contributed by atoms with Crippen LogP contribution in [0.3, 0.4) is 0 Å². The molecule has 0 radical (unpaired) electrons. The van der Waals surface area contributed by atoms with Gasteiger partial charge in [-0.2, -0.15) is 0 Å². The molecule has 0 aromatic heterocycles. The fraction of sp³-hybridized carbons (Fsp3) is 0.875. The van der Waals surface area contributed by atoms with Crippen LogP contribution in [-0.2, 0) is 19.1 Å². The lowest BCUT2D eigenvalue weighted by atomic mass is 9.36.